The van der Waals surface area contributed by atoms with E-state index in [1.165, 1.54) is 11.1 Å². The Bertz CT molecular complexity index is 816. The smallest absolute Gasteiger partial charge is 0.205 e. The van der Waals surface area contributed by atoms with Gasteiger partial charge in [0.15, 0.2) is 0 Å². The summed E-state index contributed by atoms with van der Waals surface area (Å²) in [5, 5.41) is 9.39. The van der Waals surface area contributed by atoms with Gasteiger partial charge in [-0.2, -0.15) is 5.26 Å². The highest BCUT2D eigenvalue weighted by Crippen LogP contribution is 2.20. The number of Topliss-reactive ketones (excluding diaryl/α,β-unsaturated/α-hetero) is 1. The van der Waals surface area contributed by atoms with Crippen LogP contribution in [0.4, 0.5) is 0 Å². The Morgan fingerprint density at radius 3 is 2.54 bits per heavy atom. The molecular weight excluding hydrogens is 300 g/mol. The molecule has 0 fully saturated rings. The lowest BCUT2D eigenvalue weighted by atomic mass is 9.99. The van der Waals surface area contributed by atoms with E-state index >= 15 is 0 Å². The van der Waals surface area contributed by atoms with E-state index in [9.17, 15) is 10.1 Å². The Hall–Kier alpha value is -3.06. The van der Waals surface area contributed by atoms with E-state index < -0.39 is 0 Å². The molecule has 0 aromatic heterocycles. The Morgan fingerprint density at radius 2 is 1.88 bits per heavy atom. The molecule has 3 rings (SSSR count). The zero-order valence-corrected chi connectivity index (χ0v) is 13.5. The number of allylic oxidation sites excluding steroid dienone is 1. The van der Waals surface area contributed by atoms with Gasteiger partial charge in [0.2, 0.25) is 5.78 Å². The summed E-state index contributed by atoms with van der Waals surface area (Å²) in [4.78, 5) is 14.6. The van der Waals surface area contributed by atoms with Crippen LogP contribution >= 0.6 is 0 Å². The second-order valence-electron chi connectivity index (χ2n) is 5.70. The van der Waals surface area contributed by atoms with Gasteiger partial charge in [-0.3, -0.25) is 4.79 Å². The van der Waals surface area contributed by atoms with Gasteiger partial charge < -0.3 is 9.64 Å². The molecule has 0 bridgehead atoms. The van der Waals surface area contributed by atoms with Crippen LogP contribution in [0, 0.1) is 11.3 Å². The summed E-state index contributed by atoms with van der Waals surface area (Å²) in [7, 11) is 1.58. The molecular formula is C20H18N2O2. The molecule has 0 saturated heterocycles. The van der Waals surface area contributed by atoms with E-state index in [1.807, 2.05) is 23.1 Å². The van der Waals surface area contributed by atoms with Gasteiger partial charge in [0.1, 0.15) is 17.4 Å². The van der Waals surface area contributed by atoms with Gasteiger partial charge in [0.05, 0.1) is 7.11 Å². The number of methoxy groups -OCH3 is 1. The van der Waals surface area contributed by atoms with Crippen LogP contribution in [-0.2, 0) is 13.0 Å². The van der Waals surface area contributed by atoms with Crippen molar-refractivity contribution in [2.45, 2.75) is 13.0 Å². The molecule has 4 heteroatoms. The number of ketones is 1. The highest BCUT2D eigenvalue weighted by atomic mass is 16.5. The van der Waals surface area contributed by atoms with Gasteiger partial charge in [-0.1, -0.05) is 24.3 Å². The predicted octanol–water partition coefficient (Wildman–Crippen LogP) is 3.34. The fraction of sp³-hybridized carbons (Fsp3) is 0.200. The van der Waals surface area contributed by atoms with E-state index in [0.717, 1.165) is 19.5 Å². The summed E-state index contributed by atoms with van der Waals surface area (Å²) >= 11 is 0. The third-order valence-electron chi connectivity index (χ3n) is 4.19. The van der Waals surface area contributed by atoms with Crippen LogP contribution in [0.1, 0.15) is 21.5 Å². The van der Waals surface area contributed by atoms with E-state index in [2.05, 4.69) is 12.1 Å². The quantitative estimate of drug-likeness (QED) is 0.493. The number of hydrogen-bond acceptors (Lipinski definition) is 4. The number of ether oxygens (including phenoxy) is 1. The van der Waals surface area contributed by atoms with Crippen molar-refractivity contribution in [2.75, 3.05) is 13.7 Å². The number of fused-ring (bicyclic) bond motifs is 1. The molecule has 4 nitrogen and oxygen atoms in total. The maximum atomic E-state index is 12.5. The molecule has 2 aromatic carbocycles. The van der Waals surface area contributed by atoms with E-state index in [0.29, 0.717) is 11.3 Å². The van der Waals surface area contributed by atoms with Crippen LogP contribution in [0.2, 0.25) is 0 Å². The standard InChI is InChI=1S/C20H18N2O2/c1-24-19-8-6-16(7-9-19)20(23)18(12-21)14-22-11-10-15-4-2-3-5-17(15)13-22/h2-9,14H,10-11,13H2,1H3. The number of rotatable bonds is 4. The normalized spacial score (nSPS) is 13.8. The largest absolute Gasteiger partial charge is 0.497 e. The Balaban J connectivity index is 1.79. The second-order valence-corrected chi connectivity index (χ2v) is 5.70. The average Bonchev–Trinajstić information content (AvgIpc) is 2.65. The fourth-order valence-electron chi connectivity index (χ4n) is 2.85. The maximum Gasteiger partial charge on any atom is 0.205 e. The minimum atomic E-state index is -0.265. The summed E-state index contributed by atoms with van der Waals surface area (Å²) in [5.41, 5.74) is 3.22. The molecule has 1 aliphatic rings. The Labute approximate surface area is 141 Å². The first-order valence-corrected chi connectivity index (χ1v) is 7.83. The molecule has 0 unspecified atom stereocenters. The first kappa shape index (κ1) is 15.8. The van der Waals surface area contributed by atoms with E-state index in [1.54, 1.807) is 37.6 Å². The van der Waals surface area contributed by atoms with Gasteiger partial charge in [-0.15, -0.1) is 0 Å². The minimum absolute atomic E-state index is 0.152. The minimum Gasteiger partial charge on any atom is -0.497 e. The molecule has 1 heterocycles. The topological polar surface area (TPSA) is 53.3 Å². The van der Waals surface area contributed by atoms with Crippen LogP contribution in [0.25, 0.3) is 0 Å². The fourth-order valence-corrected chi connectivity index (χ4v) is 2.85. The van der Waals surface area contributed by atoms with Crippen LogP contribution in [0.5, 0.6) is 5.75 Å². The van der Waals surface area contributed by atoms with Crippen molar-refractivity contribution >= 4 is 5.78 Å². The van der Waals surface area contributed by atoms with Gasteiger partial charge in [-0.25, -0.2) is 0 Å². The summed E-state index contributed by atoms with van der Waals surface area (Å²) in [5.74, 6) is 0.417. The van der Waals surface area contributed by atoms with Crippen molar-refractivity contribution < 1.29 is 9.53 Å². The molecule has 0 radical (unpaired) electrons. The molecule has 1 aliphatic heterocycles. The number of carbonyl (C=O) groups excluding carboxylic acids is 1. The molecule has 0 spiro atoms. The SMILES string of the molecule is COc1ccc(C(=O)C(C#N)=CN2CCc3ccccc3C2)cc1. The van der Waals surface area contributed by atoms with Gasteiger partial charge in [-0.05, 0) is 41.8 Å². The summed E-state index contributed by atoms with van der Waals surface area (Å²) < 4.78 is 5.09. The number of carbonyl (C=O) groups is 1. The highest BCUT2D eigenvalue weighted by Gasteiger charge is 2.17. The van der Waals surface area contributed by atoms with Crippen molar-refractivity contribution in [3.05, 3.63) is 77.0 Å². The van der Waals surface area contributed by atoms with Crippen LogP contribution in [0.3, 0.4) is 0 Å². The first-order valence-electron chi connectivity index (χ1n) is 7.83. The number of benzene rings is 2. The lowest BCUT2D eigenvalue weighted by Crippen LogP contribution is -2.26. The summed E-state index contributed by atoms with van der Waals surface area (Å²) in [6, 6.07) is 17.1. The van der Waals surface area contributed by atoms with Crippen molar-refractivity contribution in [3.8, 4) is 11.8 Å². The van der Waals surface area contributed by atoms with Crippen molar-refractivity contribution in [1.82, 2.24) is 4.90 Å². The molecule has 0 aliphatic carbocycles. The van der Waals surface area contributed by atoms with Crippen LogP contribution < -0.4 is 4.74 Å². The maximum absolute atomic E-state index is 12.5. The van der Waals surface area contributed by atoms with Crippen LogP contribution in [-0.4, -0.2) is 24.3 Å². The predicted molar refractivity (Wildman–Crippen MR) is 91.6 cm³/mol. The van der Waals surface area contributed by atoms with Gasteiger partial charge in [0, 0.05) is 24.9 Å². The molecule has 0 saturated carbocycles. The second kappa shape index (κ2) is 7.01. The molecule has 120 valence electrons. The van der Waals surface area contributed by atoms with Gasteiger partial charge in [0.25, 0.3) is 0 Å². The molecule has 0 atom stereocenters. The summed E-state index contributed by atoms with van der Waals surface area (Å²) in [6.07, 6.45) is 2.60. The number of nitrogens with zero attached hydrogens (tertiary/aromatic N) is 2. The monoisotopic (exact) mass is 318 g/mol. The number of hydrogen-bond donors (Lipinski definition) is 0. The highest BCUT2D eigenvalue weighted by molar-refractivity contribution is 6.11. The first-order chi connectivity index (χ1) is 11.7. The van der Waals surface area contributed by atoms with E-state index in [-0.39, 0.29) is 11.4 Å². The van der Waals surface area contributed by atoms with Crippen molar-refractivity contribution in [2.24, 2.45) is 0 Å². The zero-order chi connectivity index (χ0) is 16.9. The average molecular weight is 318 g/mol. The molecule has 2 aromatic rings. The molecule has 0 amide bonds. The third kappa shape index (κ3) is 3.31. The van der Waals surface area contributed by atoms with Crippen molar-refractivity contribution in [1.29, 1.82) is 5.26 Å². The number of nitriles is 1. The molecule has 24 heavy (non-hydrogen) atoms. The Morgan fingerprint density at radius 1 is 1.17 bits per heavy atom. The lowest BCUT2D eigenvalue weighted by molar-refractivity contribution is 0.103. The van der Waals surface area contributed by atoms with Crippen molar-refractivity contribution in [3.63, 3.8) is 0 Å². The third-order valence-corrected chi connectivity index (χ3v) is 4.19. The Kier molecular flexibility index (Phi) is 4.62. The van der Waals surface area contributed by atoms with Gasteiger partial charge >= 0.3 is 0 Å². The molecule has 0 N–H and O–H groups in total. The van der Waals surface area contributed by atoms with Crippen LogP contribution in [0.15, 0.2) is 60.3 Å². The summed E-state index contributed by atoms with van der Waals surface area (Å²) in [6.45, 7) is 1.52. The lowest BCUT2D eigenvalue weighted by Gasteiger charge is -2.27. The zero-order valence-electron chi connectivity index (χ0n) is 13.5. The van der Waals surface area contributed by atoms with E-state index in [4.69, 9.17) is 4.74 Å².